The zero-order valence-corrected chi connectivity index (χ0v) is 9.04. The molecule has 1 aliphatic rings. The zero-order chi connectivity index (χ0) is 12.5. The van der Waals surface area contributed by atoms with Crippen LogP contribution >= 0.6 is 0 Å². The number of alkyl halides is 3. The highest BCUT2D eigenvalue weighted by atomic mass is 19.4. The molecule has 0 unspecified atom stereocenters. The van der Waals surface area contributed by atoms with Crippen molar-refractivity contribution in [3.63, 3.8) is 0 Å². The van der Waals surface area contributed by atoms with Gasteiger partial charge in [0.25, 0.3) is 0 Å². The SMILES string of the molecule is Nc1cc(N2CC=C(C(F)(F)F)CC2)ccn1. The van der Waals surface area contributed by atoms with E-state index < -0.39 is 11.7 Å². The molecule has 3 nitrogen and oxygen atoms in total. The van der Waals surface area contributed by atoms with E-state index in [2.05, 4.69) is 4.98 Å². The minimum Gasteiger partial charge on any atom is -0.384 e. The molecular weight excluding hydrogens is 231 g/mol. The first kappa shape index (κ1) is 11.8. The highest BCUT2D eigenvalue weighted by Crippen LogP contribution is 2.31. The second-order valence-electron chi connectivity index (χ2n) is 3.86. The Kier molecular flexibility index (Phi) is 2.95. The van der Waals surface area contributed by atoms with Gasteiger partial charge >= 0.3 is 6.18 Å². The molecule has 0 amide bonds. The lowest BCUT2D eigenvalue weighted by molar-refractivity contribution is -0.0943. The Bertz CT molecular complexity index is 440. The summed E-state index contributed by atoms with van der Waals surface area (Å²) in [4.78, 5) is 5.69. The standard InChI is InChI=1S/C11H12F3N3/c12-11(13,14)8-2-5-17(6-3-8)9-1-4-16-10(15)7-9/h1-2,4,7H,3,5-6H2,(H2,15,16). The Morgan fingerprint density at radius 2 is 2.12 bits per heavy atom. The minimum absolute atomic E-state index is 0.00568. The molecule has 1 aliphatic heterocycles. The van der Waals surface area contributed by atoms with Gasteiger partial charge in [-0.2, -0.15) is 13.2 Å². The topological polar surface area (TPSA) is 42.1 Å². The first-order valence-electron chi connectivity index (χ1n) is 5.19. The predicted molar refractivity (Wildman–Crippen MR) is 59.6 cm³/mol. The van der Waals surface area contributed by atoms with Gasteiger partial charge in [0.2, 0.25) is 0 Å². The second kappa shape index (κ2) is 4.27. The van der Waals surface area contributed by atoms with Crippen molar-refractivity contribution in [1.29, 1.82) is 0 Å². The molecule has 0 radical (unpaired) electrons. The largest absolute Gasteiger partial charge is 0.412 e. The van der Waals surface area contributed by atoms with Gasteiger partial charge in [-0.25, -0.2) is 4.98 Å². The van der Waals surface area contributed by atoms with Crippen LogP contribution in [0.15, 0.2) is 30.0 Å². The van der Waals surface area contributed by atoms with Crippen LogP contribution in [0, 0.1) is 0 Å². The molecule has 0 aliphatic carbocycles. The normalized spacial score (nSPS) is 16.9. The molecule has 1 aromatic rings. The van der Waals surface area contributed by atoms with Gasteiger partial charge in [0, 0.05) is 36.6 Å². The Balaban J connectivity index is 2.12. The number of pyridine rings is 1. The van der Waals surface area contributed by atoms with Crippen LogP contribution < -0.4 is 10.6 Å². The fourth-order valence-electron chi connectivity index (χ4n) is 1.79. The first-order chi connectivity index (χ1) is 7.97. The summed E-state index contributed by atoms with van der Waals surface area (Å²) in [6, 6.07) is 3.40. The third kappa shape index (κ3) is 2.69. The van der Waals surface area contributed by atoms with E-state index in [0.29, 0.717) is 12.4 Å². The number of nitrogens with two attached hydrogens (primary N) is 1. The molecule has 2 heterocycles. The fraction of sp³-hybridized carbons (Fsp3) is 0.364. The first-order valence-corrected chi connectivity index (χ1v) is 5.19. The molecule has 0 saturated heterocycles. The van der Waals surface area contributed by atoms with Gasteiger partial charge in [-0.1, -0.05) is 6.08 Å². The second-order valence-corrected chi connectivity index (χ2v) is 3.86. The summed E-state index contributed by atoms with van der Waals surface area (Å²) in [5.41, 5.74) is 5.88. The molecular formula is C11H12F3N3. The molecule has 2 N–H and O–H groups in total. The van der Waals surface area contributed by atoms with E-state index in [1.807, 2.05) is 4.90 Å². The summed E-state index contributed by atoms with van der Waals surface area (Å²) in [5.74, 6) is 0.369. The number of aromatic nitrogens is 1. The number of nitrogens with zero attached hydrogens (tertiary/aromatic N) is 2. The third-order valence-electron chi connectivity index (χ3n) is 2.70. The van der Waals surface area contributed by atoms with Crippen LogP contribution in [0.2, 0.25) is 0 Å². The number of rotatable bonds is 1. The van der Waals surface area contributed by atoms with Crippen LogP contribution in [0.4, 0.5) is 24.7 Å². The third-order valence-corrected chi connectivity index (χ3v) is 2.70. The maximum absolute atomic E-state index is 12.4. The van der Waals surface area contributed by atoms with Crippen molar-refractivity contribution in [2.24, 2.45) is 0 Å². The molecule has 0 bridgehead atoms. The van der Waals surface area contributed by atoms with E-state index in [9.17, 15) is 13.2 Å². The van der Waals surface area contributed by atoms with E-state index in [0.717, 1.165) is 5.69 Å². The molecule has 0 fully saturated rings. The van der Waals surface area contributed by atoms with Crippen LogP contribution in [0.3, 0.4) is 0 Å². The molecule has 0 atom stereocenters. The quantitative estimate of drug-likeness (QED) is 0.770. The lowest BCUT2D eigenvalue weighted by atomic mass is 10.1. The van der Waals surface area contributed by atoms with Gasteiger partial charge in [-0.3, -0.25) is 0 Å². The molecule has 17 heavy (non-hydrogen) atoms. The molecule has 0 spiro atoms. The Hall–Kier alpha value is -1.72. The van der Waals surface area contributed by atoms with Crippen molar-refractivity contribution >= 4 is 11.5 Å². The maximum Gasteiger partial charge on any atom is 0.412 e. The number of nitrogen functional groups attached to an aromatic ring is 1. The van der Waals surface area contributed by atoms with Crippen molar-refractivity contribution in [2.75, 3.05) is 23.7 Å². The van der Waals surface area contributed by atoms with Crippen molar-refractivity contribution in [1.82, 2.24) is 4.98 Å². The van der Waals surface area contributed by atoms with E-state index in [4.69, 9.17) is 5.73 Å². The number of hydrogen-bond acceptors (Lipinski definition) is 3. The summed E-state index contributed by atoms with van der Waals surface area (Å²) >= 11 is 0. The molecule has 2 rings (SSSR count). The van der Waals surface area contributed by atoms with E-state index in [-0.39, 0.29) is 13.0 Å². The van der Waals surface area contributed by atoms with Crippen LogP contribution in [-0.2, 0) is 0 Å². The average Bonchev–Trinajstić information content (AvgIpc) is 2.28. The lowest BCUT2D eigenvalue weighted by Gasteiger charge is -2.29. The van der Waals surface area contributed by atoms with Gasteiger partial charge in [-0.15, -0.1) is 0 Å². The van der Waals surface area contributed by atoms with E-state index in [1.165, 1.54) is 6.08 Å². The number of hydrogen-bond donors (Lipinski definition) is 1. The molecule has 0 saturated carbocycles. The van der Waals surface area contributed by atoms with Crippen molar-refractivity contribution < 1.29 is 13.2 Å². The number of anilines is 2. The highest BCUT2D eigenvalue weighted by molar-refractivity contribution is 5.53. The minimum atomic E-state index is -4.20. The lowest BCUT2D eigenvalue weighted by Crippen LogP contribution is -2.31. The molecule has 1 aromatic heterocycles. The van der Waals surface area contributed by atoms with E-state index >= 15 is 0 Å². The Morgan fingerprint density at radius 1 is 1.35 bits per heavy atom. The summed E-state index contributed by atoms with van der Waals surface area (Å²) in [5, 5.41) is 0. The monoisotopic (exact) mass is 243 g/mol. The average molecular weight is 243 g/mol. The summed E-state index contributed by atoms with van der Waals surface area (Å²) < 4.78 is 37.3. The number of halogens is 3. The molecule has 92 valence electrons. The van der Waals surface area contributed by atoms with E-state index in [1.54, 1.807) is 18.3 Å². The van der Waals surface area contributed by atoms with Gasteiger partial charge < -0.3 is 10.6 Å². The fourth-order valence-corrected chi connectivity index (χ4v) is 1.79. The van der Waals surface area contributed by atoms with Crippen LogP contribution in [0.25, 0.3) is 0 Å². The van der Waals surface area contributed by atoms with Crippen LogP contribution in [0.5, 0.6) is 0 Å². The van der Waals surface area contributed by atoms with Crippen molar-refractivity contribution in [3.8, 4) is 0 Å². The van der Waals surface area contributed by atoms with Crippen LogP contribution in [-0.4, -0.2) is 24.2 Å². The maximum atomic E-state index is 12.4. The smallest absolute Gasteiger partial charge is 0.384 e. The Labute approximate surface area is 96.7 Å². The van der Waals surface area contributed by atoms with Crippen molar-refractivity contribution in [3.05, 3.63) is 30.0 Å². The summed E-state index contributed by atoms with van der Waals surface area (Å²) in [7, 11) is 0. The Morgan fingerprint density at radius 3 is 2.65 bits per heavy atom. The predicted octanol–water partition coefficient (Wildman–Crippen LogP) is 2.36. The highest BCUT2D eigenvalue weighted by Gasteiger charge is 2.34. The summed E-state index contributed by atoms with van der Waals surface area (Å²) in [6.45, 7) is 0.590. The van der Waals surface area contributed by atoms with Crippen LogP contribution in [0.1, 0.15) is 6.42 Å². The van der Waals surface area contributed by atoms with Crippen molar-refractivity contribution in [2.45, 2.75) is 12.6 Å². The van der Waals surface area contributed by atoms with Gasteiger partial charge in [0.05, 0.1) is 0 Å². The van der Waals surface area contributed by atoms with Gasteiger partial charge in [0.1, 0.15) is 5.82 Å². The zero-order valence-electron chi connectivity index (χ0n) is 9.04. The molecule has 6 heteroatoms. The summed E-state index contributed by atoms with van der Waals surface area (Å²) in [6.07, 6.45) is -1.43. The van der Waals surface area contributed by atoms with Gasteiger partial charge in [-0.05, 0) is 12.5 Å². The molecule has 0 aromatic carbocycles. The van der Waals surface area contributed by atoms with Gasteiger partial charge in [0.15, 0.2) is 0 Å².